The Morgan fingerprint density at radius 2 is 1.50 bits per heavy atom. The zero-order valence-electron chi connectivity index (χ0n) is 18.0. The number of rotatable bonds is 19. The molecule has 28 heavy (non-hydrogen) atoms. The Bertz CT molecular complexity index is 394. The lowest BCUT2D eigenvalue weighted by atomic mass is 9.88. The first kappa shape index (κ1) is 25.4. The van der Waals surface area contributed by atoms with Crippen LogP contribution < -0.4 is 0 Å². The van der Waals surface area contributed by atoms with E-state index < -0.39 is 17.7 Å². The van der Waals surface area contributed by atoms with Crippen LogP contribution in [0.5, 0.6) is 0 Å². The van der Waals surface area contributed by atoms with Gasteiger partial charge in [-0.1, -0.05) is 84.0 Å². The average molecular weight is 401 g/mol. The predicted octanol–water partition coefficient (Wildman–Crippen LogP) is 5.07. The molecule has 5 heteroatoms. The highest BCUT2D eigenvalue weighted by atomic mass is 16.5. The Balaban J connectivity index is 1.89. The first-order valence-corrected chi connectivity index (χ1v) is 11.7. The quantitative estimate of drug-likeness (QED) is 0.263. The van der Waals surface area contributed by atoms with Gasteiger partial charge in [0.2, 0.25) is 0 Å². The van der Waals surface area contributed by atoms with E-state index in [-0.39, 0.29) is 6.61 Å². The lowest BCUT2D eigenvalue weighted by Gasteiger charge is -2.37. The summed E-state index contributed by atoms with van der Waals surface area (Å²) in [7, 11) is 0. The van der Waals surface area contributed by atoms with Gasteiger partial charge in [-0.2, -0.15) is 0 Å². The van der Waals surface area contributed by atoms with Gasteiger partial charge in [0.25, 0.3) is 0 Å². The van der Waals surface area contributed by atoms with E-state index in [9.17, 15) is 15.0 Å². The monoisotopic (exact) mass is 400 g/mol. The van der Waals surface area contributed by atoms with Gasteiger partial charge < -0.3 is 20.1 Å². The van der Waals surface area contributed by atoms with Crippen LogP contribution in [0, 0.1) is 5.92 Å². The summed E-state index contributed by atoms with van der Waals surface area (Å²) in [6.07, 6.45) is 17.2. The SMILES string of the molecule is CCCC(CCCCCCCCCCCCC1(C(=O)O)CCO1)CC(O)CO. The Labute approximate surface area is 171 Å². The maximum atomic E-state index is 11.2. The van der Waals surface area contributed by atoms with Crippen LogP contribution in [0.2, 0.25) is 0 Å². The van der Waals surface area contributed by atoms with Crippen molar-refractivity contribution in [2.24, 2.45) is 5.92 Å². The molecule has 0 aromatic rings. The molecule has 0 aromatic carbocycles. The van der Waals surface area contributed by atoms with E-state index in [0.717, 1.165) is 32.1 Å². The van der Waals surface area contributed by atoms with E-state index in [1.807, 2.05) is 0 Å². The number of aliphatic hydroxyl groups excluding tert-OH is 2. The van der Waals surface area contributed by atoms with Crippen LogP contribution in [-0.4, -0.2) is 46.2 Å². The molecule has 3 N–H and O–H groups in total. The summed E-state index contributed by atoms with van der Waals surface area (Å²) in [6.45, 7) is 2.66. The van der Waals surface area contributed by atoms with Crippen molar-refractivity contribution in [2.75, 3.05) is 13.2 Å². The van der Waals surface area contributed by atoms with E-state index in [1.165, 1.54) is 57.8 Å². The Morgan fingerprint density at radius 3 is 1.93 bits per heavy atom. The molecule has 3 unspecified atom stereocenters. The van der Waals surface area contributed by atoms with Crippen molar-refractivity contribution in [3.8, 4) is 0 Å². The van der Waals surface area contributed by atoms with Gasteiger partial charge >= 0.3 is 5.97 Å². The van der Waals surface area contributed by atoms with Crippen LogP contribution in [0.3, 0.4) is 0 Å². The van der Waals surface area contributed by atoms with E-state index in [1.54, 1.807) is 0 Å². The summed E-state index contributed by atoms with van der Waals surface area (Å²) in [5, 5.41) is 27.8. The van der Waals surface area contributed by atoms with Crippen LogP contribution in [0.4, 0.5) is 0 Å². The van der Waals surface area contributed by atoms with Crippen molar-refractivity contribution in [1.82, 2.24) is 0 Å². The Kier molecular flexibility index (Phi) is 13.8. The van der Waals surface area contributed by atoms with Crippen molar-refractivity contribution in [3.63, 3.8) is 0 Å². The molecule has 0 amide bonds. The second-order valence-electron chi connectivity index (χ2n) is 8.70. The molecule has 0 saturated carbocycles. The molecule has 0 radical (unpaired) electrons. The van der Waals surface area contributed by atoms with E-state index in [0.29, 0.717) is 25.4 Å². The minimum Gasteiger partial charge on any atom is -0.479 e. The van der Waals surface area contributed by atoms with Gasteiger partial charge in [-0.25, -0.2) is 4.79 Å². The second-order valence-corrected chi connectivity index (χ2v) is 8.70. The fourth-order valence-corrected chi connectivity index (χ4v) is 4.33. The molecule has 166 valence electrons. The summed E-state index contributed by atoms with van der Waals surface area (Å²) < 4.78 is 5.30. The van der Waals surface area contributed by atoms with Gasteiger partial charge in [0.1, 0.15) is 0 Å². The number of carboxylic acids is 1. The fourth-order valence-electron chi connectivity index (χ4n) is 4.33. The van der Waals surface area contributed by atoms with Gasteiger partial charge in [0.15, 0.2) is 5.60 Å². The van der Waals surface area contributed by atoms with E-state index >= 15 is 0 Å². The summed E-state index contributed by atoms with van der Waals surface area (Å²) in [5.41, 5.74) is -0.855. The van der Waals surface area contributed by atoms with Crippen LogP contribution in [-0.2, 0) is 9.53 Å². The van der Waals surface area contributed by atoms with Gasteiger partial charge in [-0.3, -0.25) is 0 Å². The molecular weight excluding hydrogens is 356 g/mol. The summed E-state index contributed by atoms with van der Waals surface area (Å²) in [4.78, 5) is 11.2. The summed E-state index contributed by atoms with van der Waals surface area (Å²) >= 11 is 0. The molecule has 0 aliphatic carbocycles. The van der Waals surface area contributed by atoms with Gasteiger partial charge in [-0.05, 0) is 25.2 Å². The topological polar surface area (TPSA) is 87.0 Å². The third-order valence-electron chi connectivity index (χ3n) is 6.23. The molecule has 1 heterocycles. The minimum atomic E-state index is -0.855. The van der Waals surface area contributed by atoms with Gasteiger partial charge in [0.05, 0.1) is 19.3 Å². The highest BCUT2D eigenvalue weighted by Crippen LogP contribution is 2.32. The Hall–Kier alpha value is -0.650. The highest BCUT2D eigenvalue weighted by molar-refractivity contribution is 5.78. The lowest BCUT2D eigenvalue weighted by molar-refractivity contribution is -0.196. The first-order valence-electron chi connectivity index (χ1n) is 11.7. The van der Waals surface area contributed by atoms with Crippen LogP contribution >= 0.6 is 0 Å². The molecular formula is C23H44O5. The third-order valence-corrected chi connectivity index (χ3v) is 6.23. The number of hydrogen-bond acceptors (Lipinski definition) is 4. The zero-order valence-corrected chi connectivity index (χ0v) is 18.0. The van der Waals surface area contributed by atoms with Gasteiger partial charge in [-0.15, -0.1) is 0 Å². The molecule has 1 aliphatic heterocycles. The number of aliphatic carboxylic acids is 1. The van der Waals surface area contributed by atoms with E-state index in [2.05, 4.69) is 6.92 Å². The second kappa shape index (κ2) is 15.2. The van der Waals surface area contributed by atoms with Crippen molar-refractivity contribution < 1.29 is 24.9 Å². The van der Waals surface area contributed by atoms with Crippen LogP contribution in [0.25, 0.3) is 0 Å². The zero-order chi connectivity index (χ0) is 20.7. The van der Waals surface area contributed by atoms with Crippen molar-refractivity contribution >= 4 is 5.97 Å². The first-order chi connectivity index (χ1) is 13.5. The lowest BCUT2D eigenvalue weighted by Crippen LogP contribution is -2.50. The normalized spacial score (nSPS) is 21.2. The predicted molar refractivity (Wildman–Crippen MR) is 112 cm³/mol. The molecule has 0 spiro atoms. The number of carboxylic acid groups (broad SMARTS) is 1. The van der Waals surface area contributed by atoms with Crippen molar-refractivity contribution in [1.29, 1.82) is 0 Å². The van der Waals surface area contributed by atoms with Gasteiger partial charge in [0, 0.05) is 6.42 Å². The number of ether oxygens (including phenoxy) is 1. The maximum absolute atomic E-state index is 11.2. The molecule has 1 saturated heterocycles. The number of aliphatic hydroxyl groups is 2. The number of carbonyl (C=O) groups is 1. The maximum Gasteiger partial charge on any atom is 0.336 e. The largest absolute Gasteiger partial charge is 0.479 e. The fraction of sp³-hybridized carbons (Fsp3) is 0.957. The smallest absolute Gasteiger partial charge is 0.336 e. The van der Waals surface area contributed by atoms with E-state index in [4.69, 9.17) is 9.84 Å². The molecule has 0 bridgehead atoms. The summed E-state index contributed by atoms with van der Waals surface area (Å²) in [5.74, 6) is -0.234. The van der Waals surface area contributed by atoms with Crippen LogP contribution in [0.15, 0.2) is 0 Å². The number of hydrogen-bond donors (Lipinski definition) is 3. The minimum absolute atomic E-state index is 0.117. The Morgan fingerprint density at radius 1 is 0.964 bits per heavy atom. The molecule has 0 aromatic heterocycles. The van der Waals surface area contributed by atoms with Crippen molar-refractivity contribution in [2.45, 2.75) is 121 Å². The highest BCUT2D eigenvalue weighted by Gasteiger charge is 2.45. The molecule has 3 atom stereocenters. The molecule has 1 aliphatic rings. The molecule has 5 nitrogen and oxygen atoms in total. The van der Waals surface area contributed by atoms with Crippen molar-refractivity contribution in [3.05, 3.63) is 0 Å². The molecule has 1 rings (SSSR count). The standard InChI is InChI=1S/C23H44O5/c1-2-13-20(18-21(25)19-24)14-11-9-7-5-3-4-6-8-10-12-15-23(22(26)27)16-17-28-23/h20-21,24-25H,2-19H2,1H3,(H,26,27). The van der Waals surface area contributed by atoms with Crippen LogP contribution in [0.1, 0.15) is 110 Å². The number of unbranched alkanes of at least 4 members (excludes halogenated alkanes) is 9. The summed E-state index contributed by atoms with van der Waals surface area (Å²) in [6, 6.07) is 0. The third kappa shape index (κ3) is 10.2. The molecule has 1 fully saturated rings. The average Bonchev–Trinajstić information content (AvgIpc) is 2.63.